The summed E-state index contributed by atoms with van der Waals surface area (Å²) in [5, 5.41) is 0. The maximum absolute atomic E-state index is 12.5. The minimum Gasteiger partial charge on any atom is -0.371 e. The molecule has 2 rings (SSSR count). The molecule has 0 saturated heterocycles. The topological polar surface area (TPSA) is 62.3 Å². The number of hydrogen-bond donors (Lipinski definition) is 1. The molecule has 0 aliphatic rings. The Bertz CT molecular complexity index is 767. The Morgan fingerprint density at radius 1 is 1.09 bits per heavy atom. The number of pyridine rings is 1. The molecule has 0 fully saturated rings. The van der Waals surface area contributed by atoms with Gasteiger partial charge in [-0.3, -0.25) is 4.72 Å². The van der Waals surface area contributed by atoms with Crippen molar-refractivity contribution in [1.82, 2.24) is 4.98 Å². The highest BCUT2D eigenvalue weighted by Crippen LogP contribution is 2.21. The van der Waals surface area contributed by atoms with Crippen molar-refractivity contribution in [2.45, 2.75) is 32.6 Å². The van der Waals surface area contributed by atoms with Crippen molar-refractivity contribution >= 4 is 21.5 Å². The maximum atomic E-state index is 12.5. The molecule has 0 amide bonds. The van der Waals surface area contributed by atoms with Gasteiger partial charge in [0.2, 0.25) is 0 Å². The summed E-state index contributed by atoms with van der Waals surface area (Å²) in [6.07, 6.45) is 1.69. The minimum atomic E-state index is -3.63. The summed E-state index contributed by atoms with van der Waals surface area (Å²) in [4.78, 5) is 6.65. The van der Waals surface area contributed by atoms with Crippen molar-refractivity contribution in [2.75, 3.05) is 22.7 Å². The summed E-state index contributed by atoms with van der Waals surface area (Å²) in [7, 11) is -3.63. The standard InChI is InChI=1S/C17H23N3O2S/c1-5-20(6-2)15-8-10-17(18-12-15)19-23(21,22)16-9-7-13(3)11-14(16)4/h7-12H,5-6H2,1-4H3,(H,18,19). The lowest BCUT2D eigenvalue weighted by Gasteiger charge is -2.20. The van der Waals surface area contributed by atoms with Crippen molar-refractivity contribution in [3.05, 3.63) is 47.7 Å². The summed E-state index contributed by atoms with van der Waals surface area (Å²) < 4.78 is 27.5. The average molecular weight is 333 g/mol. The van der Waals surface area contributed by atoms with Crippen LogP contribution in [0.3, 0.4) is 0 Å². The molecule has 0 unspecified atom stereocenters. The van der Waals surface area contributed by atoms with Crippen LogP contribution in [0.15, 0.2) is 41.4 Å². The quantitative estimate of drug-likeness (QED) is 0.880. The van der Waals surface area contributed by atoms with Gasteiger partial charge in [0, 0.05) is 13.1 Å². The molecule has 0 atom stereocenters. The van der Waals surface area contributed by atoms with Crippen LogP contribution in [0.1, 0.15) is 25.0 Å². The highest BCUT2D eigenvalue weighted by molar-refractivity contribution is 7.92. The van der Waals surface area contributed by atoms with Gasteiger partial charge in [0.1, 0.15) is 5.82 Å². The van der Waals surface area contributed by atoms with Crippen molar-refractivity contribution in [1.29, 1.82) is 0 Å². The van der Waals surface area contributed by atoms with Crippen LogP contribution in [0, 0.1) is 13.8 Å². The van der Waals surface area contributed by atoms with Crippen molar-refractivity contribution < 1.29 is 8.42 Å². The lowest BCUT2D eigenvalue weighted by atomic mass is 10.2. The average Bonchev–Trinajstić information content (AvgIpc) is 2.49. The largest absolute Gasteiger partial charge is 0.371 e. The zero-order chi connectivity index (χ0) is 17.0. The second-order valence-electron chi connectivity index (χ2n) is 5.45. The fraction of sp³-hybridized carbons (Fsp3) is 0.353. The van der Waals surface area contributed by atoms with Gasteiger partial charge in [-0.15, -0.1) is 0 Å². The Balaban J connectivity index is 2.24. The molecule has 0 bridgehead atoms. The number of nitrogens with one attached hydrogen (secondary N) is 1. The Labute approximate surface area is 138 Å². The highest BCUT2D eigenvalue weighted by atomic mass is 32.2. The minimum absolute atomic E-state index is 0.276. The molecule has 5 nitrogen and oxygen atoms in total. The summed E-state index contributed by atoms with van der Waals surface area (Å²) in [5.41, 5.74) is 2.73. The molecule has 1 aromatic carbocycles. The first-order valence-corrected chi connectivity index (χ1v) is 9.16. The smallest absolute Gasteiger partial charge is 0.263 e. The number of benzene rings is 1. The van der Waals surface area contributed by atoms with Crippen molar-refractivity contribution in [2.24, 2.45) is 0 Å². The van der Waals surface area contributed by atoms with Crippen molar-refractivity contribution in [3.8, 4) is 0 Å². The van der Waals surface area contributed by atoms with Crippen LogP contribution >= 0.6 is 0 Å². The van der Waals surface area contributed by atoms with Gasteiger partial charge in [-0.2, -0.15) is 0 Å². The molecule has 23 heavy (non-hydrogen) atoms. The molecule has 0 aliphatic carbocycles. The van der Waals surface area contributed by atoms with E-state index < -0.39 is 10.0 Å². The van der Waals surface area contributed by atoms with E-state index in [0.29, 0.717) is 5.82 Å². The van der Waals surface area contributed by atoms with Crippen LogP contribution in [0.5, 0.6) is 0 Å². The van der Waals surface area contributed by atoms with Gasteiger partial charge in [-0.05, 0) is 51.5 Å². The van der Waals surface area contributed by atoms with E-state index in [4.69, 9.17) is 0 Å². The maximum Gasteiger partial charge on any atom is 0.263 e. The number of nitrogens with zero attached hydrogens (tertiary/aromatic N) is 2. The van der Waals surface area contributed by atoms with Crippen LogP contribution < -0.4 is 9.62 Å². The van der Waals surface area contributed by atoms with Gasteiger partial charge in [0.05, 0.1) is 16.8 Å². The Morgan fingerprint density at radius 2 is 1.78 bits per heavy atom. The predicted molar refractivity (Wildman–Crippen MR) is 94.5 cm³/mol. The van der Waals surface area contributed by atoms with Gasteiger partial charge in [0.15, 0.2) is 0 Å². The molecular formula is C17H23N3O2S. The number of aromatic nitrogens is 1. The zero-order valence-corrected chi connectivity index (χ0v) is 14.8. The predicted octanol–water partition coefficient (Wildman–Crippen LogP) is 3.35. The number of sulfonamides is 1. The Morgan fingerprint density at radius 3 is 2.30 bits per heavy atom. The summed E-state index contributed by atoms with van der Waals surface area (Å²) in [5.74, 6) is 0.320. The van der Waals surface area contributed by atoms with E-state index in [1.165, 1.54) is 0 Å². The zero-order valence-electron chi connectivity index (χ0n) is 14.0. The van der Waals surface area contributed by atoms with E-state index >= 15 is 0 Å². The Hall–Kier alpha value is -2.08. The molecule has 0 saturated carbocycles. The Kier molecular flexibility index (Phi) is 5.26. The fourth-order valence-corrected chi connectivity index (χ4v) is 3.75. The monoisotopic (exact) mass is 333 g/mol. The van der Waals surface area contributed by atoms with Gasteiger partial charge in [-0.25, -0.2) is 13.4 Å². The molecule has 1 heterocycles. The van der Waals surface area contributed by atoms with Gasteiger partial charge in [0.25, 0.3) is 10.0 Å². The normalized spacial score (nSPS) is 11.3. The third-order valence-electron chi connectivity index (χ3n) is 3.74. The van der Waals surface area contributed by atoms with Crippen LogP contribution in [-0.4, -0.2) is 26.5 Å². The molecule has 0 spiro atoms. The van der Waals surface area contributed by atoms with E-state index in [0.717, 1.165) is 29.9 Å². The second-order valence-corrected chi connectivity index (χ2v) is 7.10. The molecule has 6 heteroatoms. The van der Waals surface area contributed by atoms with Crippen LogP contribution in [0.4, 0.5) is 11.5 Å². The lowest BCUT2D eigenvalue weighted by molar-refractivity contribution is 0.600. The summed E-state index contributed by atoms with van der Waals surface area (Å²) in [6, 6.07) is 8.83. The van der Waals surface area contributed by atoms with Crippen LogP contribution in [-0.2, 0) is 10.0 Å². The molecular weight excluding hydrogens is 310 g/mol. The van der Waals surface area contributed by atoms with Crippen LogP contribution in [0.2, 0.25) is 0 Å². The molecule has 2 aromatic rings. The highest BCUT2D eigenvalue weighted by Gasteiger charge is 2.17. The SMILES string of the molecule is CCN(CC)c1ccc(NS(=O)(=O)c2ccc(C)cc2C)nc1. The van der Waals surface area contributed by atoms with E-state index in [1.54, 1.807) is 31.3 Å². The fourth-order valence-electron chi connectivity index (χ4n) is 2.52. The van der Waals surface area contributed by atoms with Crippen LogP contribution in [0.25, 0.3) is 0 Å². The van der Waals surface area contributed by atoms with Gasteiger partial charge >= 0.3 is 0 Å². The number of rotatable bonds is 6. The molecule has 124 valence electrons. The first kappa shape index (κ1) is 17.3. The summed E-state index contributed by atoms with van der Waals surface area (Å²) in [6.45, 7) is 9.63. The summed E-state index contributed by atoms with van der Waals surface area (Å²) >= 11 is 0. The third-order valence-corrected chi connectivity index (χ3v) is 5.25. The van der Waals surface area contributed by atoms with E-state index in [-0.39, 0.29) is 4.90 Å². The molecule has 0 radical (unpaired) electrons. The second kappa shape index (κ2) is 7.00. The van der Waals surface area contributed by atoms with E-state index in [2.05, 4.69) is 28.5 Å². The number of aryl methyl sites for hydroxylation is 2. The van der Waals surface area contributed by atoms with Gasteiger partial charge < -0.3 is 4.90 Å². The van der Waals surface area contributed by atoms with Gasteiger partial charge in [-0.1, -0.05) is 17.7 Å². The van der Waals surface area contributed by atoms with E-state index in [9.17, 15) is 8.42 Å². The first-order chi connectivity index (χ1) is 10.9. The van der Waals surface area contributed by atoms with Crippen molar-refractivity contribution in [3.63, 3.8) is 0 Å². The first-order valence-electron chi connectivity index (χ1n) is 7.68. The third kappa shape index (κ3) is 4.01. The number of hydrogen-bond acceptors (Lipinski definition) is 4. The van der Waals surface area contributed by atoms with E-state index in [1.807, 2.05) is 19.1 Å². The molecule has 1 aromatic heterocycles. The lowest BCUT2D eigenvalue weighted by Crippen LogP contribution is -2.22. The number of anilines is 2. The molecule has 0 aliphatic heterocycles. The molecule has 1 N–H and O–H groups in total.